The second-order valence-electron chi connectivity index (χ2n) is 11.5. The number of amides is 1. The van der Waals surface area contributed by atoms with Gasteiger partial charge in [-0.25, -0.2) is 14.5 Å². The molecule has 13 heteroatoms. The van der Waals surface area contributed by atoms with E-state index in [-0.39, 0.29) is 29.5 Å². The Morgan fingerprint density at radius 1 is 1.11 bits per heavy atom. The number of aliphatic hydroxyl groups excluding tert-OH is 1. The Labute approximate surface area is 269 Å². The zero-order valence-corrected chi connectivity index (χ0v) is 25.8. The molecule has 0 aliphatic carbocycles. The summed E-state index contributed by atoms with van der Waals surface area (Å²) in [5, 5.41) is 21.2. The average Bonchev–Trinajstić information content (AvgIpc) is 3.59. The summed E-state index contributed by atoms with van der Waals surface area (Å²) in [7, 11) is 1.90. The van der Waals surface area contributed by atoms with Crippen molar-refractivity contribution in [2.45, 2.75) is 18.9 Å². The first kappa shape index (κ1) is 29.8. The number of para-hydroxylation sites is 1. The number of likely N-dealkylation sites (tertiary alicyclic amines) is 1. The van der Waals surface area contributed by atoms with Crippen LogP contribution in [0.15, 0.2) is 78.0 Å². The lowest BCUT2D eigenvalue weighted by molar-refractivity contribution is 0.0940. The van der Waals surface area contributed by atoms with E-state index >= 15 is 0 Å². The number of hydrogen-bond acceptors (Lipinski definition) is 9. The quantitative estimate of drug-likeness (QED) is 0.225. The van der Waals surface area contributed by atoms with Gasteiger partial charge in [0.05, 0.1) is 46.7 Å². The van der Waals surface area contributed by atoms with Crippen LogP contribution in [0.4, 0.5) is 5.82 Å². The van der Waals surface area contributed by atoms with Gasteiger partial charge in [-0.15, -0.1) is 5.10 Å². The van der Waals surface area contributed by atoms with Crippen molar-refractivity contribution in [3.05, 3.63) is 112 Å². The topological polar surface area (TPSA) is 161 Å². The molecule has 1 atom stereocenters. The van der Waals surface area contributed by atoms with Gasteiger partial charge in [0.15, 0.2) is 11.5 Å². The number of hydrogen-bond donors (Lipinski definition) is 3. The third-order valence-electron chi connectivity index (χ3n) is 8.40. The van der Waals surface area contributed by atoms with Gasteiger partial charge in [0, 0.05) is 50.6 Å². The van der Waals surface area contributed by atoms with Crippen LogP contribution in [0.3, 0.4) is 0 Å². The van der Waals surface area contributed by atoms with E-state index in [1.165, 1.54) is 9.08 Å². The van der Waals surface area contributed by atoms with Crippen molar-refractivity contribution >= 4 is 28.3 Å². The third-order valence-corrected chi connectivity index (χ3v) is 8.40. The Hall–Kier alpha value is -5.84. The van der Waals surface area contributed by atoms with Crippen LogP contribution in [-0.4, -0.2) is 76.1 Å². The first-order chi connectivity index (χ1) is 22.8. The standard InChI is InChI=1S/C34H32N10O3/c1-21(38-33(46)28-30(35)40-43-15-7-14-36-32(28)43)31-39-26-11-6-8-22(27(26)34(47)44(31)25-9-4-3-5-10-25)12-13-23-18-37-41(2)29(23)24-19-42(20-24)16-17-45/h3-11,14-15,18,21,24,45H,16-17,19-20H2,1-2H3,(H2,35,40)(H,38,46)/t21-/m1/s1. The fraction of sp³-hybridized carbons (Fsp3) is 0.235. The fourth-order valence-corrected chi connectivity index (χ4v) is 6.15. The second-order valence-corrected chi connectivity index (χ2v) is 11.5. The van der Waals surface area contributed by atoms with E-state index < -0.39 is 11.9 Å². The van der Waals surface area contributed by atoms with Crippen LogP contribution in [-0.2, 0) is 7.05 Å². The van der Waals surface area contributed by atoms with Crippen molar-refractivity contribution in [3.63, 3.8) is 0 Å². The van der Waals surface area contributed by atoms with Crippen molar-refractivity contribution in [1.29, 1.82) is 0 Å². The summed E-state index contributed by atoms with van der Waals surface area (Å²) in [5.41, 5.74) is 9.64. The lowest BCUT2D eigenvalue weighted by atomic mass is 9.93. The fourth-order valence-electron chi connectivity index (χ4n) is 6.15. The number of fused-ring (bicyclic) bond motifs is 2. The summed E-state index contributed by atoms with van der Waals surface area (Å²) in [6.07, 6.45) is 4.97. The van der Waals surface area contributed by atoms with Crippen LogP contribution in [0.25, 0.3) is 22.2 Å². The van der Waals surface area contributed by atoms with Crippen molar-refractivity contribution in [1.82, 2.24) is 44.1 Å². The minimum absolute atomic E-state index is 0.0418. The number of nitrogens with one attached hydrogen (secondary N) is 1. The number of carbonyl (C=O) groups excluding carboxylic acids is 1. The first-order valence-electron chi connectivity index (χ1n) is 15.2. The number of aliphatic hydroxyl groups is 1. The van der Waals surface area contributed by atoms with Gasteiger partial charge in [-0.1, -0.05) is 36.1 Å². The molecule has 1 aliphatic heterocycles. The molecule has 0 radical (unpaired) electrons. The monoisotopic (exact) mass is 628 g/mol. The molecule has 236 valence electrons. The Morgan fingerprint density at radius 3 is 2.68 bits per heavy atom. The highest BCUT2D eigenvalue weighted by atomic mass is 16.3. The number of rotatable bonds is 7. The number of nitrogens with two attached hydrogens (primary N) is 1. The van der Waals surface area contributed by atoms with E-state index in [0.717, 1.165) is 24.3 Å². The van der Waals surface area contributed by atoms with E-state index in [1.807, 2.05) is 54.2 Å². The van der Waals surface area contributed by atoms with Gasteiger partial charge in [0.2, 0.25) is 0 Å². The van der Waals surface area contributed by atoms with Gasteiger partial charge in [-0.2, -0.15) is 5.10 Å². The summed E-state index contributed by atoms with van der Waals surface area (Å²) >= 11 is 0. The van der Waals surface area contributed by atoms with E-state index in [9.17, 15) is 14.7 Å². The number of nitrogens with zero attached hydrogens (tertiary/aromatic N) is 8. The highest BCUT2D eigenvalue weighted by Gasteiger charge is 2.31. The molecule has 1 aliphatic rings. The van der Waals surface area contributed by atoms with Crippen LogP contribution >= 0.6 is 0 Å². The zero-order valence-electron chi connectivity index (χ0n) is 25.8. The largest absolute Gasteiger partial charge is 0.395 e. The summed E-state index contributed by atoms with van der Waals surface area (Å²) in [6.45, 7) is 4.18. The molecule has 2 aromatic carbocycles. The minimum Gasteiger partial charge on any atom is -0.395 e. The van der Waals surface area contributed by atoms with Gasteiger partial charge < -0.3 is 16.2 Å². The summed E-state index contributed by atoms with van der Waals surface area (Å²) < 4.78 is 4.80. The molecule has 0 unspecified atom stereocenters. The normalized spacial score (nSPS) is 14.1. The molecule has 6 aromatic rings. The molecule has 0 spiro atoms. The lowest BCUT2D eigenvalue weighted by Gasteiger charge is -2.39. The number of benzene rings is 2. The molecule has 4 N–H and O–H groups in total. The maximum absolute atomic E-state index is 14.4. The zero-order chi connectivity index (χ0) is 32.7. The molecule has 1 fully saturated rings. The molecular formula is C34H32N10O3. The van der Waals surface area contributed by atoms with E-state index in [1.54, 1.807) is 37.6 Å². The second kappa shape index (κ2) is 12.2. The molecule has 0 saturated carbocycles. The van der Waals surface area contributed by atoms with Gasteiger partial charge in [0.25, 0.3) is 11.5 Å². The summed E-state index contributed by atoms with van der Waals surface area (Å²) in [6, 6.07) is 15.5. The van der Waals surface area contributed by atoms with Gasteiger partial charge in [-0.05, 0) is 37.3 Å². The highest BCUT2D eigenvalue weighted by Crippen LogP contribution is 2.29. The van der Waals surface area contributed by atoms with Gasteiger partial charge >= 0.3 is 0 Å². The van der Waals surface area contributed by atoms with E-state index in [4.69, 9.17) is 10.7 Å². The predicted octanol–water partition coefficient (Wildman–Crippen LogP) is 2.03. The summed E-state index contributed by atoms with van der Waals surface area (Å²) in [4.78, 5) is 39.3. The van der Waals surface area contributed by atoms with Crippen LogP contribution in [0, 0.1) is 11.8 Å². The molecule has 4 aromatic heterocycles. The Kier molecular flexibility index (Phi) is 7.72. The maximum atomic E-state index is 14.4. The Bertz CT molecular complexity index is 2260. The Morgan fingerprint density at radius 2 is 1.89 bits per heavy atom. The number of carbonyl (C=O) groups is 1. The Balaban J connectivity index is 1.29. The number of anilines is 1. The molecule has 13 nitrogen and oxygen atoms in total. The van der Waals surface area contributed by atoms with Crippen LogP contribution in [0.1, 0.15) is 51.9 Å². The maximum Gasteiger partial charge on any atom is 0.267 e. The SMILES string of the molecule is C[C@@H](NC(=O)c1c(N)nn2cccnc12)c1nc2cccc(C#Cc3cnn(C)c3C3CN(CCO)C3)c2c(=O)n1-c1ccccc1. The highest BCUT2D eigenvalue weighted by molar-refractivity contribution is 6.04. The van der Waals surface area contributed by atoms with Gasteiger partial charge in [-0.3, -0.25) is 23.7 Å². The molecule has 1 saturated heterocycles. The van der Waals surface area contributed by atoms with Crippen molar-refractivity contribution in [2.24, 2.45) is 7.05 Å². The molecule has 47 heavy (non-hydrogen) atoms. The van der Waals surface area contributed by atoms with Crippen LogP contribution < -0.4 is 16.6 Å². The number of aryl methyl sites for hydroxylation is 1. The molecule has 1 amide bonds. The third kappa shape index (κ3) is 5.39. The van der Waals surface area contributed by atoms with Crippen molar-refractivity contribution in [2.75, 3.05) is 32.0 Å². The first-order valence-corrected chi connectivity index (χ1v) is 15.2. The van der Waals surface area contributed by atoms with Crippen molar-refractivity contribution < 1.29 is 9.90 Å². The van der Waals surface area contributed by atoms with Gasteiger partial charge in [0.1, 0.15) is 11.4 Å². The molecule has 7 rings (SSSR count). The average molecular weight is 629 g/mol. The molecule has 0 bridgehead atoms. The van der Waals surface area contributed by atoms with Crippen LogP contribution in [0.2, 0.25) is 0 Å². The van der Waals surface area contributed by atoms with Crippen LogP contribution in [0.5, 0.6) is 0 Å². The number of nitrogen functional groups attached to an aromatic ring is 1. The van der Waals surface area contributed by atoms with Crippen molar-refractivity contribution in [3.8, 4) is 17.5 Å². The number of β-amino-alcohol motifs (C(OH)–C–C–N with tert-alkyl or cyclic N) is 1. The van der Waals surface area contributed by atoms with E-state index in [0.29, 0.717) is 40.2 Å². The molecule has 5 heterocycles. The number of aromatic nitrogens is 7. The summed E-state index contributed by atoms with van der Waals surface area (Å²) in [5.74, 6) is 6.64. The predicted molar refractivity (Wildman–Crippen MR) is 176 cm³/mol. The van der Waals surface area contributed by atoms with E-state index in [2.05, 4.69) is 37.2 Å². The lowest BCUT2D eigenvalue weighted by Crippen LogP contribution is -2.47. The smallest absolute Gasteiger partial charge is 0.267 e. The minimum atomic E-state index is -0.710. The molecular weight excluding hydrogens is 596 g/mol.